The van der Waals surface area contributed by atoms with Crippen LogP contribution in [-0.2, 0) is 4.57 Å². The summed E-state index contributed by atoms with van der Waals surface area (Å²) in [5.74, 6) is 1.12. The Morgan fingerprint density at radius 1 is 0.568 bits per heavy atom. The van der Waals surface area contributed by atoms with Gasteiger partial charge >= 0.3 is 7.82 Å². The highest BCUT2D eigenvalue weighted by atomic mass is 31.2. The summed E-state index contributed by atoms with van der Waals surface area (Å²) in [6.07, 6.45) is 0. The van der Waals surface area contributed by atoms with Gasteiger partial charge in [-0.05, 0) is 72.2 Å². The molecule has 0 aromatic heterocycles. The minimum absolute atomic E-state index is 0.187. The van der Waals surface area contributed by atoms with E-state index in [1.54, 1.807) is 0 Å². The molecule has 4 aromatic carbocycles. The van der Waals surface area contributed by atoms with Crippen molar-refractivity contribution in [1.29, 1.82) is 0 Å². The van der Waals surface area contributed by atoms with Gasteiger partial charge in [0, 0.05) is 11.8 Å². The third-order valence-electron chi connectivity index (χ3n) is 6.98. The second kappa shape index (κ2) is 11.0. The Labute approximate surface area is 220 Å². The van der Waals surface area contributed by atoms with Crippen molar-refractivity contribution in [1.82, 2.24) is 0 Å². The topological polar surface area (TPSA) is 55.8 Å². The zero-order valence-corrected chi connectivity index (χ0v) is 23.3. The van der Waals surface area contributed by atoms with Crippen molar-refractivity contribution in [3.63, 3.8) is 0 Å². The Bertz CT molecular complexity index is 1280. The van der Waals surface area contributed by atoms with Crippen molar-refractivity contribution in [3.05, 3.63) is 129 Å². The van der Waals surface area contributed by atoms with Gasteiger partial charge in [-0.2, -0.15) is 0 Å². The molecule has 0 radical (unpaired) electrons. The Morgan fingerprint density at radius 2 is 0.865 bits per heavy atom. The average Bonchev–Trinajstić information content (AvgIpc) is 2.88. The molecule has 0 fully saturated rings. The average molecular weight is 515 g/mol. The summed E-state index contributed by atoms with van der Waals surface area (Å²) in [4.78, 5) is 10.7. The van der Waals surface area contributed by atoms with Crippen LogP contribution in [0, 0.1) is 27.7 Å². The molecule has 4 nitrogen and oxygen atoms in total. The Kier molecular flexibility index (Phi) is 7.92. The fourth-order valence-electron chi connectivity index (χ4n) is 4.87. The van der Waals surface area contributed by atoms with Crippen LogP contribution in [-0.4, -0.2) is 4.89 Å². The molecule has 192 valence electrons. The molecule has 4 aromatic rings. The van der Waals surface area contributed by atoms with Crippen molar-refractivity contribution < 1.29 is 18.5 Å². The highest BCUT2D eigenvalue weighted by Gasteiger charge is 2.29. The molecule has 2 unspecified atom stereocenters. The lowest BCUT2D eigenvalue weighted by Gasteiger charge is -2.22. The lowest BCUT2D eigenvalue weighted by atomic mass is 9.91. The van der Waals surface area contributed by atoms with Gasteiger partial charge < -0.3 is 9.05 Å². The van der Waals surface area contributed by atoms with E-state index in [1.165, 1.54) is 11.1 Å². The van der Waals surface area contributed by atoms with Gasteiger partial charge in [0.15, 0.2) is 0 Å². The van der Waals surface area contributed by atoms with Gasteiger partial charge in [-0.15, -0.1) is 0 Å². The zero-order chi connectivity index (χ0) is 26.7. The first-order valence-electron chi connectivity index (χ1n) is 12.6. The molecule has 37 heavy (non-hydrogen) atoms. The van der Waals surface area contributed by atoms with Crippen LogP contribution in [0.2, 0.25) is 0 Å². The lowest BCUT2D eigenvalue weighted by Crippen LogP contribution is -2.06. The van der Waals surface area contributed by atoms with E-state index in [0.29, 0.717) is 11.5 Å². The predicted octanol–water partition coefficient (Wildman–Crippen LogP) is 8.78. The molecule has 2 atom stereocenters. The maximum Gasteiger partial charge on any atom is 0.584 e. The van der Waals surface area contributed by atoms with E-state index in [9.17, 15) is 9.46 Å². The van der Waals surface area contributed by atoms with E-state index in [1.807, 2.05) is 88.4 Å². The molecule has 0 aliphatic heterocycles. The number of hydrogen-bond acceptors (Lipinski definition) is 3. The van der Waals surface area contributed by atoms with Gasteiger partial charge in [-0.25, -0.2) is 4.57 Å². The van der Waals surface area contributed by atoms with Crippen molar-refractivity contribution in [2.75, 3.05) is 0 Å². The van der Waals surface area contributed by atoms with Gasteiger partial charge in [-0.1, -0.05) is 98.8 Å². The van der Waals surface area contributed by atoms with Crippen LogP contribution in [0.5, 0.6) is 11.5 Å². The van der Waals surface area contributed by atoms with Crippen LogP contribution in [0.3, 0.4) is 0 Å². The summed E-state index contributed by atoms with van der Waals surface area (Å²) in [5.41, 5.74) is 7.82. The fourth-order valence-corrected chi connectivity index (χ4v) is 5.95. The van der Waals surface area contributed by atoms with E-state index in [-0.39, 0.29) is 11.8 Å². The Hall–Kier alpha value is -3.33. The number of hydrogen-bond donors (Lipinski definition) is 1. The summed E-state index contributed by atoms with van der Waals surface area (Å²) in [6.45, 7) is 11.9. The van der Waals surface area contributed by atoms with Crippen molar-refractivity contribution in [2.24, 2.45) is 0 Å². The minimum Gasteiger partial charge on any atom is -0.395 e. The van der Waals surface area contributed by atoms with E-state index < -0.39 is 7.82 Å². The minimum atomic E-state index is -4.44. The molecule has 0 aliphatic rings. The maximum atomic E-state index is 13.2. The molecule has 0 bridgehead atoms. The molecule has 0 saturated heterocycles. The molecular formula is C32H35O4P. The maximum absolute atomic E-state index is 13.2. The SMILES string of the molecule is Cc1cc(C(C)c2ccccc2)cc(C)c1OP(=O)(O)Oc1c(C)cc(C(C)c2ccccc2)cc1C. The van der Waals surface area contributed by atoms with Crippen molar-refractivity contribution in [3.8, 4) is 11.5 Å². The second-order valence-corrected chi connectivity index (χ2v) is 11.2. The normalized spacial score (nSPS) is 14.5. The van der Waals surface area contributed by atoms with Crippen LogP contribution >= 0.6 is 7.82 Å². The molecular weight excluding hydrogens is 479 g/mol. The molecule has 4 rings (SSSR count). The van der Waals surface area contributed by atoms with Gasteiger partial charge in [0.25, 0.3) is 0 Å². The molecule has 0 aliphatic carbocycles. The van der Waals surface area contributed by atoms with Crippen LogP contribution in [0.1, 0.15) is 70.2 Å². The van der Waals surface area contributed by atoms with Crippen LogP contribution in [0.25, 0.3) is 0 Å². The van der Waals surface area contributed by atoms with E-state index in [4.69, 9.17) is 9.05 Å². The zero-order valence-electron chi connectivity index (χ0n) is 22.4. The first-order chi connectivity index (χ1) is 17.6. The highest BCUT2D eigenvalue weighted by Crippen LogP contribution is 2.48. The molecule has 0 amide bonds. The number of phosphoric acid groups is 1. The van der Waals surface area contributed by atoms with E-state index in [0.717, 1.165) is 33.4 Å². The largest absolute Gasteiger partial charge is 0.584 e. The van der Waals surface area contributed by atoms with Crippen molar-refractivity contribution >= 4 is 7.82 Å². The summed E-state index contributed by atoms with van der Waals surface area (Å²) in [7, 11) is -4.44. The first-order valence-corrected chi connectivity index (χ1v) is 14.1. The molecule has 0 spiro atoms. The molecule has 5 heteroatoms. The number of phosphoric ester groups is 1. The Morgan fingerprint density at radius 3 is 1.16 bits per heavy atom. The summed E-state index contributed by atoms with van der Waals surface area (Å²) < 4.78 is 24.5. The number of aryl methyl sites for hydroxylation is 4. The Balaban J connectivity index is 1.55. The van der Waals surface area contributed by atoms with Gasteiger partial charge in [0.1, 0.15) is 11.5 Å². The summed E-state index contributed by atoms with van der Waals surface area (Å²) in [6, 6.07) is 28.6. The standard InChI is InChI=1S/C32H35O4P/c1-21-17-29(25(5)27-13-9-7-10-14-27)18-22(2)31(21)35-37(33,34)36-32-23(3)19-30(20-24(32)4)26(6)28-15-11-8-12-16-28/h7-20,25-26H,1-6H3,(H,33,34). The third-order valence-corrected chi connectivity index (χ3v) is 7.80. The molecule has 1 N–H and O–H groups in total. The number of rotatable bonds is 8. The van der Waals surface area contributed by atoms with Crippen LogP contribution in [0.15, 0.2) is 84.9 Å². The monoisotopic (exact) mass is 514 g/mol. The molecule has 0 heterocycles. The van der Waals surface area contributed by atoms with Crippen molar-refractivity contribution in [2.45, 2.75) is 53.4 Å². The van der Waals surface area contributed by atoms with Gasteiger partial charge in [0.2, 0.25) is 0 Å². The third kappa shape index (κ3) is 6.15. The highest BCUT2D eigenvalue weighted by molar-refractivity contribution is 7.48. The summed E-state index contributed by atoms with van der Waals surface area (Å²) in [5, 5.41) is 0. The molecule has 0 saturated carbocycles. The quantitative estimate of drug-likeness (QED) is 0.239. The van der Waals surface area contributed by atoms with Gasteiger partial charge in [-0.3, -0.25) is 4.89 Å². The fraction of sp³-hybridized carbons (Fsp3) is 0.250. The first kappa shape index (κ1) is 26.7. The van der Waals surface area contributed by atoms with Crippen LogP contribution in [0.4, 0.5) is 0 Å². The lowest BCUT2D eigenvalue weighted by molar-refractivity contribution is 0.288. The van der Waals surface area contributed by atoms with Crippen LogP contribution < -0.4 is 9.05 Å². The van der Waals surface area contributed by atoms with E-state index in [2.05, 4.69) is 38.1 Å². The summed E-state index contributed by atoms with van der Waals surface area (Å²) >= 11 is 0. The predicted molar refractivity (Wildman–Crippen MR) is 151 cm³/mol. The van der Waals surface area contributed by atoms with Gasteiger partial charge in [0.05, 0.1) is 0 Å². The smallest absolute Gasteiger partial charge is 0.395 e. The number of benzene rings is 4. The van der Waals surface area contributed by atoms with E-state index >= 15 is 0 Å². The second-order valence-electron chi connectivity index (χ2n) is 9.88.